The molecule has 8 heteroatoms. The zero-order valence-electron chi connectivity index (χ0n) is 17.4. The van der Waals surface area contributed by atoms with E-state index in [0.717, 1.165) is 40.6 Å². The number of likely N-dealkylation sites (tertiary alicyclic amines) is 1. The minimum absolute atomic E-state index is 0.153. The molecule has 1 saturated heterocycles. The second-order valence-corrected chi connectivity index (χ2v) is 8.22. The Morgan fingerprint density at radius 3 is 2.84 bits per heavy atom. The number of ether oxygens (including phenoxy) is 2. The second kappa shape index (κ2) is 7.71. The second-order valence-electron chi connectivity index (χ2n) is 8.22. The van der Waals surface area contributed by atoms with Gasteiger partial charge < -0.3 is 23.9 Å². The number of aromatic nitrogens is 3. The third kappa shape index (κ3) is 3.37. The van der Waals surface area contributed by atoms with E-state index in [2.05, 4.69) is 15.1 Å². The Bertz CT molecular complexity index is 1290. The third-order valence-corrected chi connectivity index (χ3v) is 6.29. The van der Waals surface area contributed by atoms with Crippen molar-refractivity contribution in [1.82, 2.24) is 20.0 Å². The van der Waals surface area contributed by atoms with Crippen molar-refractivity contribution < 1.29 is 18.8 Å². The maximum atomic E-state index is 12.9. The molecule has 162 valence electrons. The number of carbonyl (C=O) groups excluding carboxylic acids is 1. The van der Waals surface area contributed by atoms with E-state index in [1.807, 2.05) is 53.6 Å². The van der Waals surface area contributed by atoms with Crippen molar-refractivity contribution in [1.29, 1.82) is 0 Å². The van der Waals surface area contributed by atoms with Gasteiger partial charge in [-0.2, -0.15) is 4.98 Å². The molecule has 1 fully saturated rings. The van der Waals surface area contributed by atoms with E-state index in [0.29, 0.717) is 37.0 Å². The Morgan fingerprint density at radius 2 is 1.94 bits per heavy atom. The van der Waals surface area contributed by atoms with Gasteiger partial charge in [0, 0.05) is 41.7 Å². The lowest BCUT2D eigenvalue weighted by Gasteiger charge is -2.30. The molecule has 32 heavy (non-hydrogen) atoms. The molecule has 0 atom stereocenters. The number of hydrogen-bond acceptors (Lipinski definition) is 6. The van der Waals surface area contributed by atoms with E-state index < -0.39 is 0 Å². The van der Waals surface area contributed by atoms with E-state index in [1.165, 1.54) is 0 Å². The Morgan fingerprint density at radius 1 is 1.09 bits per heavy atom. The van der Waals surface area contributed by atoms with Gasteiger partial charge in [-0.15, -0.1) is 0 Å². The molecular weight excluding hydrogens is 408 g/mol. The van der Waals surface area contributed by atoms with Crippen molar-refractivity contribution in [2.45, 2.75) is 25.2 Å². The monoisotopic (exact) mass is 430 g/mol. The Hall–Kier alpha value is -3.81. The molecule has 2 aromatic heterocycles. The summed E-state index contributed by atoms with van der Waals surface area (Å²) in [5, 5.41) is 5.26. The number of piperidine rings is 1. The summed E-state index contributed by atoms with van der Waals surface area (Å²) in [6.07, 6.45) is 3.96. The van der Waals surface area contributed by atoms with Crippen LogP contribution in [0.5, 0.6) is 11.5 Å². The van der Waals surface area contributed by atoms with Crippen LogP contribution in [-0.2, 0) is 11.2 Å². The summed E-state index contributed by atoms with van der Waals surface area (Å²) in [4.78, 5) is 22.7. The number of H-pyrrole nitrogens is 1. The van der Waals surface area contributed by atoms with Gasteiger partial charge in [0.05, 0.1) is 6.42 Å². The van der Waals surface area contributed by atoms with E-state index >= 15 is 0 Å². The smallest absolute Gasteiger partial charge is 0.231 e. The summed E-state index contributed by atoms with van der Waals surface area (Å²) in [7, 11) is 0. The number of nitrogens with zero attached hydrogens (tertiary/aromatic N) is 3. The average Bonchev–Trinajstić information content (AvgIpc) is 3.59. The number of para-hydroxylation sites is 1. The first-order valence-electron chi connectivity index (χ1n) is 10.8. The Labute approximate surface area is 184 Å². The van der Waals surface area contributed by atoms with Crippen molar-refractivity contribution in [2.75, 3.05) is 19.9 Å². The molecule has 0 radical (unpaired) electrons. The number of carbonyl (C=O) groups is 1. The van der Waals surface area contributed by atoms with Crippen molar-refractivity contribution in [3.05, 3.63) is 60.1 Å². The molecule has 0 saturated carbocycles. The van der Waals surface area contributed by atoms with E-state index in [-0.39, 0.29) is 18.6 Å². The highest BCUT2D eigenvalue weighted by atomic mass is 16.7. The molecule has 1 N–H and O–H groups in total. The van der Waals surface area contributed by atoms with Crippen LogP contribution in [0.25, 0.3) is 22.3 Å². The fourth-order valence-corrected chi connectivity index (χ4v) is 4.48. The van der Waals surface area contributed by atoms with Crippen LogP contribution < -0.4 is 9.47 Å². The summed E-state index contributed by atoms with van der Waals surface area (Å²) in [5.74, 6) is 2.89. The summed E-state index contributed by atoms with van der Waals surface area (Å²) in [5.41, 5.74) is 2.93. The molecular formula is C24H22N4O4. The van der Waals surface area contributed by atoms with E-state index in [9.17, 15) is 4.79 Å². The number of aromatic amines is 1. The Balaban J connectivity index is 1.10. The fourth-order valence-electron chi connectivity index (χ4n) is 4.48. The maximum Gasteiger partial charge on any atom is 0.231 e. The van der Waals surface area contributed by atoms with Crippen molar-refractivity contribution >= 4 is 16.8 Å². The summed E-state index contributed by atoms with van der Waals surface area (Å²) >= 11 is 0. The van der Waals surface area contributed by atoms with Crippen molar-refractivity contribution in [3.63, 3.8) is 0 Å². The minimum atomic E-state index is 0.153. The van der Waals surface area contributed by atoms with E-state index in [4.69, 9.17) is 14.0 Å². The van der Waals surface area contributed by atoms with Gasteiger partial charge in [-0.1, -0.05) is 23.4 Å². The van der Waals surface area contributed by atoms with Gasteiger partial charge >= 0.3 is 0 Å². The highest BCUT2D eigenvalue weighted by Gasteiger charge is 2.28. The molecule has 6 rings (SSSR count). The Kier molecular flexibility index (Phi) is 4.56. The number of nitrogens with one attached hydrogen (secondary N) is 1. The quantitative estimate of drug-likeness (QED) is 0.528. The lowest BCUT2D eigenvalue weighted by molar-refractivity contribution is -0.131. The first kappa shape index (κ1) is 18.9. The zero-order chi connectivity index (χ0) is 21.5. The zero-order valence-corrected chi connectivity index (χ0v) is 17.4. The average molecular weight is 430 g/mol. The summed E-state index contributed by atoms with van der Waals surface area (Å²) in [6, 6.07) is 13.7. The molecule has 2 aliphatic heterocycles. The van der Waals surface area contributed by atoms with Crippen LogP contribution in [0.1, 0.15) is 30.2 Å². The number of fused-ring (bicyclic) bond motifs is 2. The topological polar surface area (TPSA) is 93.5 Å². The number of benzene rings is 2. The van der Waals surface area contributed by atoms with Crippen LogP contribution in [0.3, 0.4) is 0 Å². The molecule has 1 amide bonds. The number of rotatable bonds is 4. The predicted molar refractivity (Wildman–Crippen MR) is 116 cm³/mol. The molecule has 4 heterocycles. The molecule has 0 bridgehead atoms. The van der Waals surface area contributed by atoms with Crippen molar-refractivity contribution in [2.24, 2.45) is 0 Å². The van der Waals surface area contributed by atoms with Crippen LogP contribution in [0.15, 0.2) is 53.2 Å². The molecule has 8 nitrogen and oxygen atoms in total. The van der Waals surface area contributed by atoms with Gasteiger partial charge in [0.15, 0.2) is 11.5 Å². The SMILES string of the molecule is O=C(Cc1c[nH]c2ccccc12)N1CCC(c2nc(-c3ccc4c(c3)OCO4)no2)CC1. The van der Waals surface area contributed by atoms with Crippen LogP contribution in [0, 0.1) is 0 Å². The molecule has 0 spiro atoms. The molecule has 0 aliphatic carbocycles. The van der Waals surface area contributed by atoms with Gasteiger partial charge in [0.25, 0.3) is 0 Å². The van der Waals surface area contributed by atoms with Crippen LogP contribution in [0.4, 0.5) is 0 Å². The van der Waals surface area contributed by atoms with Gasteiger partial charge in [-0.3, -0.25) is 4.79 Å². The fraction of sp³-hybridized carbons (Fsp3) is 0.292. The predicted octanol–water partition coefficient (Wildman–Crippen LogP) is 3.90. The van der Waals surface area contributed by atoms with Gasteiger partial charge in [0.1, 0.15) is 0 Å². The summed E-state index contributed by atoms with van der Waals surface area (Å²) < 4.78 is 16.3. The lowest BCUT2D eigenvalue weighted by Crippen LogP contribution is -2.38. The lowest BCUT2D eigenvalue weighted by atomic mass is 9.96. The normalized spacial score (nSPS) is 16.1. The van der Waals surface area contributed by atoms with Gasteiger partial charge in [0.2, 0.25) is 24.4 Å². The number of amides is 1. The van der Waals surface area contributed by atoms with Crippen molar-refractivity contribution in [3.8, 4) is 22.9 Å². The largest absolute Gasteiger partial charge is 0.454 e. The van der Waals surface area contributed by atoms with Crippen LogP contribution in [0.2, 0.25) is 0 Å². The standard InChI is InChI=1S/C24H22N4O4/c29-22(12-17-13-25-19-4-2-1-3-18(17)19)28-9-7-15(8-10-28)24-26-23(27-32-24)16-5-6-20-21(11-16)31-14-30-20/h1-6,11,13,15,25H,7-10,12,14H2. The molecule has 0 unspecified atom stereocenters. The first-order chi connectivity index (χ1) is 15.7. The first-order valence-corrected chi connectivity index (χ1v) is 10.8. The molecule has 2 aliphatic rings. The van der Waals surface area contributed by atoms with Gasteiger partial charge in [-0.25, -0.2) is 0 Å². The summed E-state index contributed by atoms with van der Waals surface area (Å²) in [6.45, 7) is 1.61. The highest BCUT2D eigenvalue weighted by molar-refractivity contribution is 5.88. The van der Waals surface area contributed by atoms with Gasteiger partial charge in [-0.05, 0) is 42.7 Å². The van der Waals surface area contributed by atoms with E-state index in [1.54, 1.807) is 0 Å². The van der Waals surface area contributed by atoms with Crippen LogP contribution in [-0.4, -0.2) is 45.8 Å². The molecule has 2 aromatic carbocycles. The molecule has 4 aromatic rings. The van der Waals surface area contributed by atoms with Crippen LogP contribution >= 0.6 is 0 Å². The third-order valence-electron chi connectivity index (χ3n) is 6.29. The maximum absolute atomic E-state index is 12.9. The number of hydrogen-bond donors (Lipinski definition) is 1. The minimum Gasteiger partial charge on any atom is -0.454 e. The highest BCUT2D eigenvalue weighted by Crippen LogP contribution is 2.36.